The van der Waals surface area contributed by atoms with Crippen molar-refractivity contribution >= 4 is 27.4 Å². The number of hydrogen-bond acceptors (Lipinski definition) is 6. The number of benzene rings is 1. The van der Waals surface area contributed by atoms with E-state index in [4.69, 9.17) is 10.3 Å². The first-order valence-corrected chi connectivity index (χ1v) is 5.87. The number of nitrogens with one attached hydrogen (secondary N) is 1. The monoisotopic (exact) mass is 246 g/mol. The molecule has 86 valence electrons. The smallest absolute Gasteiger partial charge is 0.181 e. The van der Waals surface area contributed by atoms with Crippen molar-refractivity contribution in [3.05, 3.63) is 30.3 Å². The minimum absolute atomic E-state index is 0.762. The molecule has 5 nitrogen and oxygen atoms in total. The van der Waals surface area contributed by atoms with E-state index in [2.05, 4.69) is 15.4 Å². The van der Waals surface area contributed by atoms with Crippen LogP contribution in [0.2, 0.25) is 0 Å². The second-order valence-corrected chi connectivity index (χ2v) is 4.61. The predicted molar refractivity (Wildman–Crippen MR) is 67.7 cm³/mol. The van der Waals surface area contributed by atoms with Gasteiger partial charge >= 0.3 is 0 Å². The summed E-state index contributed by atoms with van der Waals surface area (Å²) in [5.74, 6) is 5.41. The number of aromatic nitrogens is 2. The van der Waals surface area contributed by atoms with Gasteiger partial charge in [-0.25, -0.2) is 15.8 Å². The number of fused-ring (bicyclic) bond motifs is 1. The Morgan fingerprint density at radius 3 is 3.06 bits per heavy atom. The van der Waals surface area contributed by atoms with E-state index in [1.54, 1.807) is 0 Å². The molecule has 0 unspecified atom stereocenters. The van der Waals surface area contributed by atoms with Gasteiger partial charge in [0.1, 0.15) is 15.5 Å². The van der Waals surface area contributed by atoms with Crippen LogP contribution in [0, 0.1) is 6.92 Å². The van der Waals surface area contributed by atoms with Gasteiger partial charge in [0, 0.05) is 5.56 Å². The third-order valence-corrected chi connectivity index (χ3v) is 3.64. The molecule has 0 aliphatic heterocycles. The van der Waals surface area contributed by atoms with E-state index in [1.165, 1.54) is 17.7 Å². The van der Waals surface area contributed by atoms with Gasteiger partial charge in [-0.3, -0.25) is 0 Å². The SMILES string of the molecule is Cc1nc(-c2ccc3ncoc3c2)sc1NN. The van der Waals surface area contributed by atoms with Gasteiger partial charge in [0.25, 0.3) is 0 Å². The summed E-state index contributed by atoms with van der Waals surface area (Å²) in [5, 5.41) is 1.78. The van der Waals surface area contributed by atoms with Crippen molar-refractivity contribution in [2.75, 3.05) is 5.43 Å². The van der Waals surface area contributed by atoms with Gasteiger partial charge in [-0.15, -0.1) is 0 Å². The highest BCUT2D eigenvalue weighted by atomic mass is 32.1. The fraction of sp³-hybridized carbons (Fsp3) is 0.0909. The zero-order chi connectivity index (χ0) is 11.8. The quantitative estimate of drug-likeness (QED) is 0.536. The van der Waals surface area contributed by atoms with E-state index in [9.17, 15) is 0 Å². The molecule has 0 radical (unpaired) electrons. The fourth-order valence-corrected chi connectivity index (χ4v) is 2.51. The number of hydrazine groups is 1. The molecule has 0 aliphatic rings. The molecule has 0 atom stereocenters. The fourth-order valence-electron chi connectivity index (χ4n) is 1.64. The Morgan fingerprint density at radius 2 is 2.29 bits per heavy atom. The van der Waals surface area contributed by atoms with Crippen LogP contribution in [0.3, 0.4) is 0 Å². The molecule has 0 aliphatic carbocycles. The molecule has 0 saturated heterocycles. The van der Waals surface area contributed by atoms with Crippen molar-refractivity contribution in [2.45, 2.75) is 6.92 Å². The lowest BCUT2D eigenvalue weighted by molar-refractivity contribution is 0.602. The largest absolute Gasteiger partial charge is 0.443 e. The molecule has 2 aromatic heterocycles. The molecule has 0 bridgehead atoms. The molecule has 1 aromatic carbocycles. The van der Waals surface area contributed by atoms with E-state index in [-0.39, 0.29) is 0 Å². The van der Waals surface area contributed by atoms with Crippen LogP contribution in [0.5, 0.6) is 0 Å². The number of anilines is 1. The van der Waals surface area contributed by atoms with Crippen LogP contribution in [-0.2, 0) is 0 Å². The summed E-state index contributed by atoms with van der Waals surface area (Å²) in [6.45, 7) is 1.92. The Labute approximate surface area is 101 Å². The average Bonchev–Trinajstić information content (AvgIpc) is 2.93. The zero-order valence-corrected chi connectivity index (χ0v) is 9.91. The molecule has 3 aromatic rings. The number of rotatable bonds is 2. The summed E-state index contributed by atoms with van der Waals surface area (Å²) in [7, 11) is 0. The maximum Gasteiger partial charge on any atom is 0.181 e. The van der Waals surface area contributed by atoms with Crippen molar-refractivity contribution in [2.24, 2.45) is 5.84 Å². The lowest BCUT2D eigenvalue weighted by Gasteiger charge is -1.94. The number of oxazole rings is 1. The summed E-state index contributed by atoms with van der Waals surface area (Å²) < 4.78 is 5.27. The molecule has 17 heavy (non-hydrogen) atoms. The van der Waals surface area contributed by atoms with Gasteiger partial charge in [-0.05, 0) is 25.1 Å². The summed E-state index contributed by atoms with van der Waals surface area (Å²) in [4.78, 5) is 8.53. The molecule has 0 saturated carbocycles. The molecule has 0 amide bonds. The van der Waals surface area contributed by atoms with Gasteiger partial charge in [0.2, 0.25) is 0 Å². The Bertz CT molecular complexity index is 673. The number of nitrogens with zero attached hydrogens (tertiary/aromatic N) is 2. The van der Waals surface area contributed by atoms with Gasteiger partial charge in [0.05, 0.1) is 5.69 Å². The molecule has 3 N–H and O–H groups in total. The minimum Gasteiger partial charge on any atom is -0.443 e. The van der Waals surface area contributed by atoms with Crippen LogP contribution in [0.25, 0.3) is 21.7 Å². The number of hydrogen-bond donors (Lipinski definition) is 2. The lowest BCUT2D eigenvalue weighted by Crippen LogP contribution is -2.05. The molecular formula is C11H10N4OS. The standard InChI is InChI=1S/C11H10N4OS/c1-6-10(15-12)17-11(14-6)7-2-3-8-9(4-7)16-5-13-8/h2-5,15H,12H2,1H3. The molecule has 0 spiro atoms. The van der Waals surface area contributed by atoms with E-state index in [1.807, 2.05) is 25.1 Å². The Balaban J connectivity index is 2.12. The van der Waals surface area contributed by atoms with Gasteiger partial charge < -0.3 is 9.84 Å². The summed E-state index contributed by atoms with van der Waals surface area (Å²) in [6.07, 6.45) is 1.44. The van der Waals surface area contributed by atoms with E-state index >= 15 is 0 Å². The van der Waals surface area contributed by atoms with Crippen molar-refractivity contribution in [3.63, 3.8) is 0 Å². The molecule has 3 rings (SSSR count). The maximum atomic E-state index is 5.41. The minimum atomic E-state index is 0.762. The molecule has 6 heteroatoms. The van der Waals surface area contributed by atoms with Crippen molar-refractivity contribution in [1.29, 1.82) is 0 Å². The van der Waals surface area contributed by atoms with Gasteiger partial charge in [-0.1, -0.05) is 11.3 Å². The first kappa shape index (κ1) is 10.2. The normalized spacial score (nSPS) is 10.9. The highest BCUT2D eigenvalue weighted by molar-refractivity contribution is 7.19. The van der Waals surface area contributed by atoms with Gasteiger partial charge in [-0.2, -0.15) is 0 Å². The van der Waals surface area contributed by atoms with Crippen LogP contribution >= 0.6 is 11.3 Å². The van der Waals surface area contributed by atoms with Crippen LogP contribution in [0.15, 0.2) is 29.0 Å². The van der Waals surface area contributed by atoms with E-state index < -0.39 is 0 Å². The van der Waals surface area contributed by atoms with E-state index in [0.29, 0.717) is 0 Å². The molecule has 2 heterocycles. The van der Waals surface area contributed by atoms with Crippen LogP contribution in [-0.4, -0.2) is 9.97 Å². The average molecular weight is 246 g/mol. The number of aryl methyl sites for hydroxylation is 1. The Hall–Kier alpha value is -1.92. The number of nitrogens with two attached hydrogens (primary N) is 1. The first-order valence-electron chi connectivity index (χ1n) is 5.05. The van der Waals surface area contributed by atoms with Crippen molar-refractivity contribution < 1.29 is 4.42 Å². The summed E-state index contributed by atoms with van der Waals surface area (Å²) >= 11 is 1.51. The zero-order valence-electron chi connectivity index (χ0n) is 9.10. The van der Waals surface area contributed by atoms with Crippen LogP contribution < -0.4 is 11.3 Å². The summed E-state index contributed by atoms with van der Waals surface area (Å²) in [6, 6.07) is 5.82. The van der Waals surface area contributed by atoms with E-state index in [0.717, 1.165) is 32.4 Å². The molecular weight excluding hydrogens is 236 g/mol. The Morgan fingerprint density at radius 1 is 1.41 bits per heavy atom. The highest BCUT2D eigenvalue weighted by Gasteiger charge is 2.09. The number of thiazole rings is 1. The lowest BCUT2D eigenvalue weighted by atomic mass is 10.2. The van der Waals surface area contributed by atoms with Crippen LogP contribution in [0.4, 0.5) is 5.00 Å². The van der Waals surface area contributed by atoms with Crippen molar-refractivity contribution in [3.8, 4) is 10.6 Å². The summed E-state index contributed by atoms with van der Waals surface area (Å²) in [5.41, 5.74) is 6.14. The third-order valence-electron chi connectivity index (χ3n) is 2.51. The van der Waals surface area contributed by atoms with Gasteiger partial charge in [0.15, 0.2) is 12.0 Å². The topological polar surface area (TPSA) is 77.0 Å². The third kappa shape index (κ3) is 1.67. The maximum absolute atomic E-state index is 5.41. The predicted octanol–water partition coefficient (Wildman–Crippen LogP) is 2.55. The second kappa shape index (κ2) is 3.83. The van der Waals surface area contributed by atoms with Crippen molar-refractivity contribution in [1.82, 2.24) is 9.97 Å². The highest BCUT2D eigenvalue weighted by Crippen LogP contribution is 2.32. The second-order valence-electron chi connectivity index (χ2n) is 3.61. The first-order chi connectivity index (χ1) is 8.28. The van der Waals surface area contributed by atoms with Crippen LogP contribution in [0.1, 0.15) is 5.69 Å². The number of nitrogen functional groups attached to an aromatic ring is 1. The Kier molecular flexibility index (Phi) is 2.31. The molecule has 0 fully saturated rings.